The summed E-state index contributed by atoms with van der Waals surface area (Å²) < 4.78 is 0. The van der Waals surface area contributed by atoms with Crippen LogP contribution in [0.3, 0.4) is 0 Å². The van der Waals surface area contributed by atoms with Gasteiger partial charge in [-0.1, -0.05) is 23.8 Å². The van der Waals surface area contributed by atoms with E-state index in [0.29, 0.717) is 0 Å². The highest BCUT2D eigenvalue weighted by Gasteiger charge is 2.22. The van der Waals surface area contributed by atoms with Crippen LogP contribution >= 0.6 is 0 Å². The predicted molar refractivity (Wildman–Crippen MR) is 74.0 cm³/mol. The van der Waals surface area contributed by atoms with Crippen LogP contribution < -0.4 is 0 Å². The fourth-order valence-corrected chi connectivity index (χ4v) is 1.50. The van der Waals surface area contributed by atoms with Crippen molar-refractivity contribution in [2.24, 2.45) is 0 Å². The summed E-state index contributed by atoms with van der Waals surface area (Å²) in [5.74, 6) is 0. The molecule has 0 saturated carbocycles. The van der Waals surface area contributed by atoms with Gasteiger partial charge in [0.25, 0.3) is 0 Å². The number of aliphatic hydroxyl groups is 6. The Labute approximate surface area is 118 Å². The Bertz CT molecular complexity index is 372. The zero-order valence-electron chi connectivity index (χ0n) is 11.8. The summed E-state index contributed by atoms with van der Waals surface area (Å²) >= 11 is 0. The van der Waals surface area contributed by atoms with Gasteiger partial charge in [0, 0.05) is 0 Å². The van der Waals surface area contributed by atoms with E-state index >= 15 is 0 Å². The van der Waals surface area contributed by atoms with Crippen LogP contribution in [0.2, 0.25) is 0 Å². The van der Waals surface area contributed by atoms with Gasteiger partial charge >= 0.3 is 0 Å². The van der Waals surface area contributed by atoms with Crippen molar-refractivity contribution in [1.29, 1.82) is 0 Å². The molecule has 6 heteroatoms. The third kappa shape index (κ3) is 6.42. The van der Waals surface area contributed by atoms with Crippen LogP contribution in [0.15, 0.2) is 18.2 Å². The molecule has 0 spiro atoms. The molecule has 0 aromatic heterocycles. The maximum absolute atomic E-state index is 8.81. The second kappa shape index (κ2) is 9.82. The first-order valence-corrected chi connectivity index (χ1v) is 6.30. The Balaban J connectivity index is 0.000000361. The minimum atomic E-state index is -1.49. The Morgan fingerprint density at radius 3 is 1.75 bits per heavy atom. The summed E-state index contributed by atoms with van der Waals surface area (Å²) in [5.41, 5.74) is 3.43. The predicted octanol–water partition coefficient (Wildman–Crippen LogP) is -1.15. The molecule has 116 valence electrons. The van der Waals surface area contributed by atoms with E-state index in [-0.39, 0.29) is 6.61 Å². The summed E-state index contributed by atoms with van der Waals surface area (Å²) in [7, 11) is 0. The molecule has 1 aromatic rings. The van der Waals surface area contributed by atoms with Gasteiger partial charge in [0.15, 0.2) is 0 Å². The van der Waals surface area contributed by atoms with Gasteiger partial charge in [0.1, 0.15) is 18.3 Å². The van der Waals surface area contributed by atoms with Crippen LogP contribution in [-0.2, 0) is 6.61 Å². The summed E-state index contributed by atoms with van der Waals surface area (Å²) in [5, 5.41) is 51.4. The quantitative estimate of drug-likeness (QED) is 0.407. The van der Waals surface area contributed by atoms with Crippen molar-refractivity contribution in [3.63, 3.8) is 0 Å². The number of benzene rings is 1. The van der Waals surface area contributed by atoms with E-state index in [1.807, 2.05) is 26.0 Å². The first kappa shape index (κ1) is 19.0. The van der Waals surface area contributed by atoms with E-state index in [1.54, 1.807) is 0 Å². The van der Waals surface area contributed by atoms with Crippen LogP contribution in [0, 0.1) is 13.8 Å². The molecule has 1 aromatic carbocycles. The molecule has 0 bridgehead atoms. The van der Waals surface area contributed by atoms with E-state index in [4.69, 9.17) is 30.6 Å². The normalized spacial score (nSPS) is 15.0. The lowest BCUT2D eigenvalue weighted by molar-refractivity contribution is -0.0900. The van der Waals surface area contributed by atoms with Crippen molar-refractivity contribution >= 4 is 0 Å². The van der Waals surface area contributed by atoms with E-state index in [1.165, 1.54) is 11.1 Å². The zero-order valence-corrected chi connectivity index (χ0v) is 11.8. The van der Waals surface area contributed by atoms with Crippen molar-refractivity contribution in [2.75, 3.05) is 13.2 Å². The molecule has 6 N–H and O–H groups in total. The van der Waals surface area contributed by atoms with Crippen molar-refractivity contribution in [3.8, 4) is 0 Å². The number of rotatable bonds is 5. The first-order chi connectivity index (χ1) is 9.37. The molecule has 2 atom stereocenters. The standard InChI is InChI=1S/C9H12O.C5H12O5/c1-7-3-4-9(6-10)8(2)5-7;6-1-3(8)5(10)4(9)2-7/h3-5,10H,6H2,1-2H3;3-10H,1-2H2. The molecule has 0 aliphatic rings. The lowest BCUT2D eigenvalue weighted by Crippen LogP contribution is -2.41. The molecule has 0 saturated heterocycles. The van der Waals surface area contributed by atoms with E-state index in [0.717, 1.165) is 5.56 Å². The molecule has 0 amide bonds. The Hall–Kier alpha value is -1.02. The van der Waals surface area contributed by atoms with E-state index < -0.39 is 31.5 Å². The van der Waals surface area contributed by atoms with Gasteiger partial charge in [-0.3, -0.25) is 0 Å². The van der Waals surface area contributed by atoms with Crippen LogP contribution in [0.25, 0.3) is 0 Å². The van der Waals surface area contributed by atoms with Gasteiger partial charge in [-0.05, 0) is 25.0 Å². The van der Waals surface area contributed by atoms with Gasteiger partial charge in [-0.25, -0.2) is 0 Å². The van der Waals surface area contributed by atoms with Crippen LogP contribution in [0.1, 0.15) is 16.7 Å². The molecule has 0 aliphatic carbocycles. The van der Waals surface area contributed by atoms with E-state index in [9.17, 15) is 0 Å². The van der Waals surface area contributed by atoms with Crippen molar-refractivity contribution in [1.82, 2.24) is 0 Å². The number of hydrogen-bond acceptors (Lipinski definition) is 6. The fourth-order valence-electron chi connectivity index (χ4n) is 1.50. The fraction of sp³-hybridized carbons (Fsp3) is 0.571. The molecule has 0 aliphatic heterocycles. The average Bonchev–Trinajstić information content (AvgIpc) is 2.45. The minimum absolute atomic E-state index is 0.145. The summed E-state index contributed by atoms with van der Waals surface area (Å²) in [6.45, 7) is 2.93. The molecule has 6 nitrogen and oxygen atoms in total. The van der Waals surface area contributed by atoms with Crippen molar-refractivity contribution < 1.29 is 30.6 Å². The topological polar surface area (TPSA) is 121 Å². The SMILES string of the molecule is Cc1ccc(CO)c(C)c1.OCC(O)C(O)C(O)CO. The van der Waals surface area contributed by atoms with Crippen LogP contribution in [-0.4, -0.2) is 62.2 Å². The van der Waals surface area contributed by atoms with Gasteiger partial charge in [0.2, 0.25) is 0 Å². The molecule has 0 heterocycles. The molecular weight excluding hydrogens is 264 g/mol. The first-order valence-electron chi connectivity index (χ1n) is 6.30. The smallest absolute Gasteiger partial charge is 0.110 e. The number of aliphatic hydroxyl groups excluding tert-OH is 6. The lowest BCUT2D eigenvalue weighted by atomic mass is 10.1. The second-order valence-electron chi connectivity index (χ2n) is 4.58. The van der Waals surface area contributed by atoms with E-state index in [2.05, 4.69) is 6.07 Å². The third-order valence-corrected chi connectivity index (χ3v) is 2.83. The highest BCUT2D eigenvalue weighted by Crippen LogP contribution is 2.09. The summed E-state index contributed by atoms with van der Waals surface area (Å²) in [6.07, 6.45) is -4.29. The largest absolute Gasteiger partial charge is 0.394 e. The summed E-state index contributed by atoms with van der Waals surface area (Å²) in [6, 6.07) is 6.05. The van der Waals surface area contributed by atoms with Gasteiger partial charge in [-0.2, -0.15) is 0 Å². The maximum Gasteiger partial charge on any atom is 0.110 e. The van der Waals surface area contributed by atoms with Gasteiger partial charge in [0.05, 0.1) is 19.8 Å². The Morgan fingerprint density at radius 1 is 0.900 bits per heavy atom. The molecule has 2 unspecified atom stereocenters. The highest BCUT2D eigenvalue weighted by molar-refractivity contribution is 5.29. The molecule has 20 heavy (non-hydrogen) atoms. The summed E-state index contributed by atoms with van der Waals surface area (Å²) in [4.78, 5) is 0. The van der Waals surface area contributed by atoms with Crippen LogP contribution in [0.4, 0.5) is 0 Å². The Morgan fingerprint density at radius 2 is 1.40 bits per heavy atom. The maximum atomic E-state index is 8.81. The molecular formula is C14H24O6. The van der Waals surface area contributed by atoms with Crippen LogP contribution in [0.5, 0.6) is 0 Å². The Kier molecular flexibility index (Phi) is 9.32. The van der Waals surface area contributed by atoms with Crippen molar-refractivity contribution in [3.05, 3.63) is 34.9 Å². The minimum Gasteiger partial charge on any atom is -0.394 e. The second-order valence-corrected chi connectivity index (χ2v) is 4.58. The van der Waals surface area contributed by atoms with Gasteiger partial charge < -0.3 is 30.6 Å². The number of hydrogen-bond donors (Lipinski definition) is 6. The van der Waals surface area contributed by atoms with Crippen molar-refractivity contribution in [2.45, 2.75) is 38.8 Å². The highest BCUT2D eigenvalue weighted by atomic mass is 16.4. The molecule has 1 rings (SSSR count). The average molecular weight is 288 g/mol. The monoisotopic (exact) mass is 288 g/mol. The lowest BCUT2D eigenvalue weighted by Gasteiger charge is -2.19. The third-order valence-electron chi connectivity index (χ3n) is 2.83. The van der Waals surface area contributed by atoms with Gasteiger partial charge in [-0.15, -0.1) is 0 Å². The molecule has 0 radical (unpaired) electrons. The molecule has 0 fully saturated rings. The number of aryl methyl sites for hydroxylation is 2. The zero-order chi connectivity index (χ0) is 15.7.